The van der Waals surface area contributed by atoms with Gasteiger partial charge < -0.3 is 10.4 Å². The SMILES string of the molecule is O=C(O)c1cncc(NC(=O)c2ccc(Br)cc2Cl)c1. The number of hydrogen-bond donors (Lipinski definition) is 2. The smallest absolute Gasteiger partial charge is 0.337 e. The molecule has 0 unspecified atom stereocenters. The zero-order chi connectivity index (χ0) is 14.7. The van der Waals surface area contributed by atoms with Crippen LogP contribution >= 0.6 is 27.5 Å². The second-order valence-electron chi connectivity index (χ2n) is 3.85. The van der Waals surface area contributed by atoms with Crippen LogP contribution in [-0.4, -0.2) is 22.0 Å². The van der Waals surface area contributed by atoms with Crippen molar-refractivity contribution in [2.75, 3.05) is 5.32 Å². The summed E-state index contributed by atoms with van der Waals surface area (Å²) in [6.45, 7) is 0. The molecule has 0 fully saturated rings. The standard InChI is InChI=1S/C13H8BrClN2O3/c14-8-1-2-10(11(15)4-8)12(18)17-9-3-7(13(19)20)5-16-6-9/h1-6H,(H,17,18)(H,19,20). The first-order chi connectivity index (χ1) is 9.47. The van der Waals surface area contributed by atoms with Crippen LogP contribution in [0, 0.1) is 0 Å². The molecule has 0 aliphatic carbocycles. The lowest BCUT2D eigenvalue weighted by Crippen LogP contribution is -2.13. The van der Waals surface area contributed by atoms with Crippen molar-refractivity contribution in [3.63, 3.8) is 0 Å². The van der Waals surface area contributed by atoms with Crippen molar-refractivity contribution in [1.82, 2.24) is 4.98 Å². The van der Waals surface area contributed by atoms with Crippen LogP contribution < -0.4 is 5.32 Å². The summed E-state index contributed by atoms with van der Waals surface area (Å²) in [5.74, 6) is -1.55. The van der Waals surface area contributed by atoms with E-state index in [9.17, 15) is 9.59 Å². The highest BCUT2D eigenvalue weighted by molar-refractivity contribution is 9.10. The van der Waals surface area contributed by atoms with Gasteiger partial charge in [-0.1, -0.05) is 27.5 Å². The van der Waals surface area contributed by atoms with Crippen molar-refractivity contribution in [3.8, 4) is 0 Å². The van der Waals surface area contributed by atoms with Crippen LogP contribution in [0.3, 0.4) is 0 Å². The Morgan fingerprint density at radius 1 is 1.25 bits per heavy atom. The first-order valence-electron chi connectivity index (χ1n) is 5.42. The number of amides is 1. The molecule has 2 N–H and O–H groups in total. The van der Waals surface area contributed by atoms with Crippen molar-refractivity contribution >= 4 is 45.1 Å². The van der Waals surface area contributed by atoms with E-state index in [1.54, 1.807) is 18.2 Å². The Morgan fingerprint density at radius 2 is 2.00 bits per heavy atom. The molecule has 0 aliphatic heterocycles. The highest BCUT2D eigenvalue weighted by Crippen LogP contribution is 2.22. The summed E-state index contributed by atoms with van der Waals surface area (Å²) >= 11 is 9.22. The number of hydrogen-bond acceptors (Lipinski definition) is 3. The molecule has 0 saturated carbocycles. The van der Waals surface area contributed by atoms with Gasteiger partial charge in [0.15, 0.2) is 0 Å². The molecule has 0 aliphatic rings. The molecule has 0 atom stereocenters. The average molecular weight is 356 g/mol. The number of carbonyl (C=O) groups is 2. The summed E-state index contributed by atoms with van der Waals surface area (Å²) in [4.78, 5) is 26.6. The molecule has 1 aromatic heterocycles. The van der Waals surface area contributed by atoms with E-state index in [0.717, 1.165) is 4.47 Å². The first kappa shape index (κ1) is 14.5. The van der Waals surface area contributed by atoms with Crippen molar-refractivity contribution in [2.24, 2.45) is 0 Å². The number of aromatic nitrogens is 1. The van der Waals surface area contributed by atoms with Crippen LogP contribution in [0.5, 0.6) is 0 Å². The normalized spacial score (nSPS) is 10.1. The minimum absolute atomic E-state index is 0.00953. The van der Waals surface area contributed by atoms with E-state index in [4.69, 9.17) is 16.7 Å². The van der Waals surface area contributed by atoms with Gasteiger partial charge in [-0.15, -0.1) is 0 Å². The van der Waals surface area contributed by atoms with Crippen LogP contribution in [0.2, 0.25) is 5.02 Å². The van der Waals surface area contributed by atoms with Crippen molar-refractivity contribution < 1.29 is 14.7 Å². The zero-order valence-corrected chi connectivity index (χ0v) is 12.3. The molecule has 1 aromatic carbocycles. The van der Waals surface area contributed by atoms with Gasteiger partial charge in [-0.25, -0.2) is 4.79 Å². The van der Waals surface area contributed by atoms with Crippen molar-refractivity contribution in [2.45, 2.75) is 0 Å². The predicted octanol–water partition coefficient (Wildman–Crippen LogP) is 3.45. The van der Waals surface area contributed by atoms with Crippen LogP contribution in [0.4, 0.5) is 5.69 Å². The third-order valence-corrected chi connectivity index (χ3v) is 3.22. The van der Waals surface area contributed by atoms with Gasteiger partial charge in [0.1, 0.15) is 0 Å². The molecule has 20 heavy (non-hydrogen) atoms. The van der Waals surface area contributed by atoms with Gasteiger partial charge in [-0.2, -0.15) is 0 Å². The van der Waals surface area contributed by atoms with E-state index in [0.29, 0.717) is 5.02 Å². The lowest BCUT2D eigenvalue weighted by atomic mass is 10.2. The highest BCUT2D eigenvalue weighted by atomic mass is 79.9. The average Bonchev–Trinajstić information content (AvgIpc) is 2.38. The fourth-order valence-corrected chi connectivity index (χ4v) is 2.26. The van der Waals surface area contributed by atoms with E-state index in [-0.39, 0.29) is 16.8 Å². The number of pyridine rings is 1. The molecule has 2 aromatic rings. The van der Waals surface area contributed by atoms with Gasteiger partial charge in [0.05, 0.1) is 28.0 Å². The summed E-state index contributed by atoms with van der Waals surface area (Å²) < 4.78 is 0.758. The Balaban J connectivity index is 2.23. The number of nitrogens with one attached hydrogen (secondary N) is 1. The largest absolute Gasteiger partial charge is 0.478 e. The number of halogens is 2. The quantitative estimate of drug-likeness (QED) is 0.884. The lowest BCUT2D eigenvalue weighted by Gasteiger charge is -2.07. The molecule has 102 valence electrons. The lowest BCUT2D eigenvalue weighted by molar-refractivity contribution is 0.0696. The van der Waals surface area contributed by atoms with Gasteiger partial charge in [0, 0.05) is 10.7 Å². The van der Waals surface area contributed by atoms with Crippen LogP contribution in [-0.2, 0) is 0 Å². The summed E-state index contributed by atoms with van der Waals surface area (Å²) in [6.07, 6.45) is 2.56. The Morgan fingerprint density at radius 3 is 2.65 bits per heavy atom. The number of benzene rings is 1. The van der Waals surface area contributed by atoms with Gasteiger partial charge in [0.2, 0.25) is 0 Å². The molecule has 0 bridgehead atoms. The van der Waals surface area contributed by atoms with E-state index in [1.165, 1.54) is 18.5 Å². The summed E-state index contributed by atoms with van der Waals surface area (Å²) in [5, 5.41) is 11.7. The minimum Gasteiger partial charge on any atom is -0.478 e. The molecule has 0 spiro atoms. The second-order valence-corrected chi connectivity index (χ2v) is 5.17. The maximum atomic E-state index is 12.0. The fraction of sp³-hybridized carbons (Fsp3) is 0. The highest BCUT2D eigenvalue weighted by Gasteiger charge is 2.12. The molecular weight excluding hydrogens is 348 g/mol. The number of carboxylic acid groups (broad SMARTS) is 1. The molecule has 0 radical (unpaired) electrons. The Bertz CT molecular complexity index is 691. The molecule has 7 heteroatoms. The fourth-order valence-electron chi connectivity index (χ4n) is 1.50. The molecule has 2 rings (SSSR count). The number of carboxylic acids is 1. The van der Waals surface area contributed by atoms with Crippen LogP contribution in [0.15, 0.2) is 41.1 Å². The molecule has 1 amide bonds. The number of rotatable bonds is 3. The number of carbonyl (C=O) groups excluding carboxylic acids is 1. The van der Waals surface area contributed by atoms with Gasteiger partial charge >= 0.3 is 5.97 Å². The Kier molecular flexibility index (Phi) is 4.36. The second kappa shape index (κ2) is 6.02. The van der Waals surface area contributed by atoms with Crippen LogP contribution in [0.25, 0.3) is 0 Å². The van der Waals surface area contributed by atoms with Gasteiger partial charge in [-0.05, 0) is 24.3 Å². The number of anilines is 1. The Labute approximate surface area is 127 Å². The monoisotopic (exact) mass is 354 g/mol. The third kappa shape index (κ3) is 3.34. The zero-order valence-electron chi connectivity index (χ0n) is 9.93. The van der Waals surface area contributed by atoms with Crippen LogP contribution in [0.1, 0.15) is 20.7 Å². The summed E-state index contributed by atoms with van der Waals surface area (Å²) in [7, 11) is 0. The molecular formula is C13H8BrClN2O3. The minimum atomic E-state index is -1.12. The Hall–Kier alpha value is -1.92. The third-order valence-electron chi connectivity index (χ3n) is 2.42. The van der Waals surface area contributed by atoms with Crippen molar-refractivity contribution in [1.29, 1.82) is 0 Å². The van der Waals surface area contributed by atoms with Gasteiger partial charge in [-0.3, -0.25) is 9.78 Å². The maximum Gasteiger partial charge on any atom is 0.337 e. The van der Waals surface area contributed by atoms with E-state index < -0.39 is 11.9 Å². The topological polar surface area (TPSA) is 79.3 Å². The number of aromatic carboxylic acids is 1. The predicted molar refractivity (Wildman–Crippen MR) is 78.3 cm³/mol. The molecule has 0 saturated heterocycles. The van der Waals surface area contributed by atoms with Gasteiger partial charge in [0.25, 0.3) is 5.91 Å². The number of nitrogens with zero attached hydrogens (tertiary/aromatic N) is 1. The van der Waals surface area contributed by atoms with E-state index in [1.807, 2.05) is 0 Å². The first-order valence-corrected chi connectivity index (χ1v) is 6.59. The van der Waals surface area contributed by atoms with Crippen molar-refractivity contribution in [3.05, 3.63) is 57.3 Å². The molecule has 5 nitrogen and oxygen atoms in total. The maximum absolute atomic E-state index is 12.0. The summed E-state index contributed by atoms with van der Waals surface area (Å²) in [6, 6.07) is 6.17. The summed E-state index contributed by atoms with van der Waals surface area (Å²) in [5.41, 5.74) is 0.564. The van der Waals surface area contributed by atoms with E-state index in [2.05, 4.69) is 26.2 Å². The molecule has 1 heterocycles. The van der Waals surface area contributed by atoms with E-state index >= 15 is 0 Å².